The predicted octanol–water partition coefficient (Wildman–Crippen LogP) is 7.84. The van der Waals surface area contributed by atoms with Crippen LogP contribution >= 0.6 is 11.8 Å². The summed E-state index contributed by atoms with van der Waals surface area (Å²) in [5.41, 5.74) is 16.9. The fourth-order valence-corrected chi connectivity index (χ4v) is 9.06. The van der Waals surface area contributed by atoms with Crippen molar-refractivity contribution in [3.63, 3.8) is 0 Å². The molecule has 0 spiro atoms. The van der Waals surface area contributed by atoms with E-state index in [-0.39, 0.29) is 31.3 Å². The van der Waals surface area contributed by atoms with E-state index in [0.717, 1.165) is 56.8 Å². The fraction of sp³-hybridized carbons (Fsp3) is 0.488. The highest BCUT2D eigenvalue weighted by atomic mass is 32.2. The van der Waals surface area contributed by atoms with Gasteiger partial charge in [-0.3, -0.25) is 15.1 Å². The Morgan fingerprint density at radius 2 is 1.86 bits per heavy atom. The maximum Gasteiger partial charge on any atom is 0.342 e. The Balaban J connectivity index is 1.73. The Hall–Kier alpha value is -4.27. The average molecular weight is 785 g/mol. The molecule has 3 aliphatic heterocycles. The number of hydrogen-bond donors (Lipinski definition) is 6. The number of aliphatic hydroxyl groups is 1. The fourth-order valence-electron chi connectivity index (χ4n) is 8.05. The van der Waals surface area contributed by atoms with Gasteiger partial charge in [0.1, 0.15) is 12.0 Å². The van der Waals surface area contributed by atoms with Gasteiger partial charge in [-0.25, -0.2) is 9.78 Å². The lowest BCUT2D eigenvalue weighted by atomic mass is 9.85. The third-order valence-electron chi connectivity index (χ3n) is 11.2. The van der Waals surface area contributed by atoms with Crippen LogP contribution in [0.2, 0.25) is 0 Å². The van der Waals surface area contributed by atoms with Crippen molar-refractivity contribution in [2.75, 3.05) is 18.9 Å². The molecule has 0 fully saturated rings. The molecule has 0 saturated heterocycles. The van der Waals surface area contributed by atoms with Crippen molar-refractivity contribution in [3.05, 3.63) is 75.4 Å². The highest BCUT2D eigenvalue weighted by molar-refractivity contribution is 8.00. The van der Waals surface area contributed by atoms with Gasteiger partial charge in [-0.05, 0) is 94.9 Å². The summed E-state index contributed by atoms with van der Waals surface area (Å²) < 4.78 is 12.3. The summed E-state index contributed by atoms with van der Waals surface area (Å²) in [5.74, 6) is -1.40. The number of hydrogen-bond acceptors (Lipinski definition) is 10. The third-order valence-corrected chi connectivity index (χ3v) is 12.5. The molecular weight excluding hydrogens is 729 g/mol. The van der Waals surface area contributed by atoms with Gasteiger partial charge in [0.2, 0.25) is 0 Å². The van der Waals surface area contributed by atoms with Crippen LogP contribution in [0.3, 0.4) is 0 Å². The average Bonchev–Trinajstić information content (AvgIpc) is 3.80. The molecule has 4 unspecified atom stereocenters. The zero-order valence-electron chi connectivity index (χ0n) is 33.8. The molecule has 6 rings (SSSR count). The van der Waals surface area contributed by atoms with Gasteiger partial charge < -0.3 is 35.4 Å². The number of aliphatic carboxylic acids is 1. The van der Waals surface area contributed by atoms with Gasteiger partial charge >= 0.3 is 11.9 Å². The summed E-state index contributed by atoms with van der Waals surface area (Å²) in [6.45, 7) is 20.4. The molecule has 0 radical (unpaired) electrons. The number of ether oxygens (including phenoxy) is 2. The minimum absolute atomic E-state index is 0.0739. The molecule has 0 aliphatic carbocycles. The first-order valence-corrected chi connectivity index (χ1v) is 20.4. The van der Waals surface area contributed by atoms with E-state index in [2.05, 4.69) is 48.7 Å². The third kappa shape index (κ3) is 8.52. The second-order valence-electron chi connectivity index (χ2n) is 15.9. The number of allylic oxidation sites excluding steroid dienone is 2. The Morgan fingerprint density at radius 1 is 1.14 bits per heavy atom. The number of nitrogens with two attached hydrogens (primary N) is 1. The first kappa shape index (κ1) is 41.4. The van der Waals surface area contributed by atoms with E-state index in [0.29, 0.717) is 58.6 Å². The van der Waals surface area contributed by atoms with Gasteiger partial charge in [0.15, 0.2) is 4.93 Å². The summed E-state index contributed by atoms with van der Waals surface area (Å²) in [6, 6.07) is 6.06. The Morgan fingerprint density at radius 3 is 2.54 bits per heavy atom. The first-order chi connectivity index (χ1) is 26.4. The smallest absolute Gasteiger partial charge is 0.342 e. The number of esters is 1. The second kappa shape index (κ2) is 16.3. The molecule has 3 aromatic rings. The molecule has 0 aromatic carbocycles. The molecule has 0 amide bonds. The van der Waals surface area contributed by atoms with E-state index in [1.165, 1.54) is 11.8 Å². The van der Waals surface area contributed by atoms with E-state index in [9.17, 15) is 19.8 Å². The number of carboxylic acids is 1. The monoisotopic (exact) mass is 784 g/mol. The summed E-state index contributed by atoms with van der Waals surface area (Å²) in [4.78, 5) is 43.4. The van der Waals surface area contributed by atoms with Crippen molar-refractivity contribution in [2.24, 2.45) is 5.73 Å². The van der Waals surface area contributed by atoms with Crippen molar-refractivity contribution < 1.29 is 29.3 Å². The van der Waals surface area contributed by atoms with Crippen molar-refractivity contribution >= 4 is 63.0 Å². The Labute approximate surface area is 332 Å². The molecule has 12 nitrogen and oxygen atoms in total. The van der Waals surface area contributed by atoms with Crippen LogP contribution in [-0.4, -0.2) is 77.9 Å². The van der Waals surface area contributed by atoms with Crippen LogP contribution in [-0.2, 0) is 20.7 Å². The Kier molecular flexibility index (Phi) is 12.0. The van der Waals surface area contributed by atoms with Crippen LogP contribution < -0.4 is 11.1 Å². The molecule has 3 aromatic heterocycles. The van der Waals surface area contributed by atoms with E-state index in [1.807, 2.05) is 39.0 Å². The van der Waals surface area contributed by atoms with Gasteiger partial charge in [-0.1, -0.05) is 26.5 Å². The van der Waals surface area contributed by atoms with Gasteiger partial charge in [-0.2, -0.15) is 0 Å². The molecule has 3 aliphatic rings. The number of nitrogens with zero attached hydrogens (tertiary/aromatic N) is 2. The number of carbonyl (C=O) groups excluding carboxylic acids is 1. The van der Waals surface area contributed by atoms with E-state index in [4.69, 9.17) is 25.2 Å². The number of aryl methyl sites for hydroxylation is 2. The van der Waals surface area contributed by atoms with Gasteiger partial charge in [0.05, 0.1) is 29.1 Å². The number of thioether (sulfide) groups is 1. The quantitative estimate of drug-likeness (QED) is 0.0916. The molecular formula is C43H56N6O6S. The number of rotatable bonds is 9. The SMILES string of the molecule is C=Cc1c(C)c2cc3nc(c4c5[nH]c(cc6nc(cc1[nH]2)C(C)=C6CC)c(C)c5C(=O)OC(C)(CCOC(C)(C)N)SCCNC(O)C4)C(CCC(=O)O)C3C. The number of aromatic amines is 2. The number of fused-ring (bicyclic) bond motifs is 8. The lowest BCUT2D eigenvalue weighted by Gasteiger charge is -2.31. The molecule has 6 heterocycles. The minimum atomic E-state index is -0.998. The molecule has 4 atom stereocenters. The standard InChI is InChI=1S/C43H56N6O6S/c1-10-26-22(3)30-19-32-24(5)28(12-13-37(51)52)39(48-32)29-18-36(50)45-15-17-56-43(9,14-16-54-42(7,8)44)55-41(53)38-25(6)33(49-40(29)38)21-35-27(11-2)23(4)31(47-35)20-34(26)46-30/h10,19-21,24,28,36,45-46,49-50H,1,11-18,44H2,2-9H3,(H,51,52). The zero-order chi connectivity index (χ0) is 40.7. The molecule has 300 valence electrons. The Bertz CT molecular complexity index is 2250. The van der Waals surface area contributed by atoms with Gasteiger partial charge in [0, 0.05) is 82.5 Å². The normalized spacial score (nSPS) is 22.0. The summed E-state index contributed by atoms with van der Waals surface area (Å²) in [6.07, 6.45) is 2.29. The van der Waals surface area contributed by atoms with E-state index in [1.54, 1.807) is 13.8 Å². The summed E-state index contributed by atoms with van der Waals surface area (Å²) >= 11 is 1.47. The van der Waals surface area contributed by atoms with Crippen molar-refractivity contribution in [1.82, 2.24) is 25.3 Å². The van der Waals surface area contributed by atoms with Crippen LogP contribution in [0, 0.1) is 13.8 Å². The summed E-state index contributed by atoms with van der Waals surface area (Å²) in [5, 5.41) is 24.7. The molecule has 8 bridgehead atoms. The van der Waals surface area contributed by atoms with E-state index >= 15 is 0 Å². The van der Waals surface area contributed by atoms with Gasteiger partial charge in [0.25, 0.3) is 0 Å². The van der Waals surface area contributed by atoms with E-state index < -0.39 is 28.8 Å². The number of carbonyl (C=O) groups is 2. The van der Waals surface area contributed by atoms with Crippen molar-refractivity contribution in [1.29, 1.82) is 0 Å². The van der Waals surface area contributed by atoms with Crippen molar-refractivity contribution in [3.8, 4) is 0 Å². The highest BCUT2D eigenvalue weighted by Gasteiger charge is 2.36. The lowest BCUT2D eigenvalue weighted by Crippen LogP contribution is -2.39. The van der Waals surface area contributed by atoms with Crippen LogP contribution in [0.25, 0.3) is 39.3 Å². The van der Waals surface area contributed by atoms with Crippen LogP contribution in [0.15, 0.2) is 24.8 Å². The first-order valence-electron chi connectivity index (χ1n) is 19.5. The topological polar surface area (TPSA) is 188 Å². The second-order valence-corrected chi connectivity index (χ2v) is 17.4. The molecule has 13 heteroatoms. The summed E-state index contributed by atoms with van der Waals surface area (Å²) in [7, 11) is 0. The zero-order valence-corrected chi connectivity index (χ0v) is 34.6. The number of aromatic nitrogens is 4. The van der Waals surface area contributed by atoms with Crippen molar-refractivity contribution in [2.45, 2.75) is 116 Å². The minimum Gasteiger partial charge on any atom is -0.481 e. The molecule has 56 heavy (non-hydrogen) atoms. The maximum atomic E-state index is 14.8. The maximum absolute atomic E-state index is 14.8. The highest BCUT2D eigenvalue weighted by Crippen LogP contribution is 2.44. The van der Waals surface area contributed by atoms with Crippen LogP contribution in [0.1, 0.15) is 134 Å². The number of aliphatic hydroxyl groups excluding tert-OH is 1. The largest absolute Gasteiger partial charge is 0.481 e. The predicted molar refractivity (Wildman–Crippen MR) is 224 cm³/mol. The number of nitrogens with one attached hydrogen (secondary N) is 3. The van der Waals surface area contributed by atoms with Crippen LogP contribution in [0.4, 0.5) is 0 Å². The molecule has 7 N–H and O–H groups in total. The van der Waals surface area contributed by atoms with Gasteiger partial charge in [-0.15, -0.1) is 11.8 Å². The number of cyclic esters (lactones) is 1. The lowest BCUT2D eigenvalue weighted by molar-refractivity contribution is -0.137. The molecule has 0 saturated carbocycles. The number of H-pyrrole nitrogens is 2. The number of carboxylic acid groups (broad SMARTS) is 1. The van der Waals surface area contributed by atoms with Crippen LogP contribution in [0.5, 0.6) is 0 Å².